The molecule has 3 aliphatic rings. The third kappa shape index (κ3) is 3.30. The number of hydrogen-bond acceptors (Lipinski definition) is 3. The summed E-state index contributed by atoms with van der Waals surface area (Å²) in [4.78, 5) is 4.36. The van der Waals surface area contributed by atoms with Crippen LogP contribution in [0.5, 0.6) is 0 Å². The van der Waals surface area contributed by atoms with Gasteiger partial charge in [0.2, 0.25) is 0 Å². The molecule has 2 aliphatic heterocycles. The number of benzene rings is 1. The smallest absolute Gasteiger partial charge is 0.0108 e. The highest BCUT2D eigenvalue weighted by molar-refractivity contribution is 7.99. The Hall–Kier alpha value is -0.510. The summed E-state index contributed by atoms with van der Waals surface area (Å²) in [5.41, 5.74) is 1.61. The molecule has 1 atom stereocenters. The van der Waals surface area contributed by atoms with E-state index < -0.39 is 0 Å². The summed E-state index contributed by atoms with van der Waals surface area (Å²) >= 11 is 2.06. The molecule has 1 saturated heterocycles. The molecule has 2 fully saturated rings. The largest absolute Gasteiger partial charge is 0.317 e. The second kappa shape index (κ2) is 6.31. The first-order chi connectivity index (χ1) is 10.4. The maximum atomic E-state index is 3.50. The molecule has 1 N–H and O–H groups in total. The van der Waals surface area contributed by atoms with Gasteiger partial charge in [0.15, 0.2) is 0 Å². The number of hydrogen-bond donors (Lipinski definition) is 1. The third-order valence-corrected chi connectivity index (χ3v) is 6.52. The third-order valence-electron chi connectivity index (χ3n) is 5.27. The van der Waals surface area contributed by atoms with Gasteiger partial charge in [-0.2, -0.15) is 0 Å². The summed E-state index contributed by atoms with van der Waals surface area (Å²) in [5.74, 6) is 2.97. The molecular formula is C18H26N2S. The van der Waals surface area contributed by atoms with Gasteiger partial charge in [0.25, 0.3) is 0 Å². The highest BCUT2D eigenvalue weighted by Crippen LogP contribution is 2.41. The average molecular weight is 302 g/mol. The average Bonchev–Trinajstić information content (AvgIpc) is 3.30. The molecule has 3 heteroatoms. The summed E-state index contributed by atoms with van der Waals surface area (Å²) in [6.07, 6.45) is 5.62. The lowest BCUT2D eigenvalue weighted by Gasteiger charge is -2.32. The van der Waals surface area contributed by atoms with Crippen molar-refractivity contribution in [3.05, 3.63) is 29.8 Å². The molecule has 1 aromatic rings. The molecule has 0 bridgehead atoms. The number of thioether (sulfide) groups is 1. The quantitative estimate of drug-likeness (QED) is 0.898. The maximum absolute atomic E-state index is 3.50. The van der Waals surface area contributed by atoms with Crippen LogP contribution in [0.25, 0.3) is 0 Å². The van der Waals surface area contributed by atoms with E-state index in [1.807, 2.05) is 0 Å². The van der Waals surface area contributed by atoms with Gasteiger partial charge in [0.1, 0.15) is 0 Å². The number of rotatable bonds is 5. The molecule has 1 aromatic carbocycles. The van der Waals surface area contributed by atoms with Crippen LogP contribution in [0.3, 0.4) is 0 Å². The predicted octanol–water partition coefficient (Wildman–Crippen LogP) is 3.34. The Morgan fingerprint density at radius 2 is 1.86 bits per heavy atom. The van der Waals surface area contributed by atoms with E-state index in [0.29, 0.717) is 0 Å². The van der Waals surface area contributed by atoms with E-state index in [4.69, 9.17) is 0 Å². The Bertz CT molecular complexity index is 480. The topological polar surface area (TPSA) is 15.3 Å². The summed E-state index contributed by atoms with van der Waals surface area (Å²) in [7, 11) is 0. The molecule has 114 valence electrons. The Kier molecular flexibility index (Phi) is 4.24. The van der Waals surface area contributed by atoms with E-state index in [1.165, 1.54) is 62.5 Å². The summed E-state index contributed by atoms with van der Waals surface area (Å²) in [6.45, 7) is 5.09. The van der Waals surface area contributed by atoms with Crippen molar-refractivity contribution in [1.29, 1.82) is 0 Å². The van der Waals surface area contributed by atoms with Crippen LogP contribution in [-0.4, -0.2) is 42.9 Å². The zero-order valence-electron chi connectivity index (χ0n) is 12.8. The highest BCUT2D eigenvalue weighted by Gasteiger charge is 2.34. The number of piperidine rings is 1. The second-order valence-corrected chi connectivity index (χ2v) is 7.99. The SMILES string of the molecule is c1ccc2c(c1)SCC2CN(CC1CCNCC1)C1CC1. The van der Waals surface area contributed by atoms with Gasteiger partial charge < -0.3 is 5.32 Å². The Morgan fingerprint density at radius 3 is 2.67 bits per heavy atom. The van der Waals surface area contributed by atoms with Gasteiger partial charge in [-0.3, -0.25) is 4.90 Å². The van der Waals surface area contributed by atoms with Crippen molar-refractivity contribution in [3.63, 3.8) is 0 Å². The van der Waals surface area contributed by atoms with Crippen LogP contribution >= 0.6 is 11.8 Å². The van der Waals surface area contributed by atoms with E-state index in [2.05, 4.69) is 46.2 Å². The molecule has 2 heterocycles. The molecule has 0 aromatic heterocycles. The molecular weight excluding hydrogens is 276 g/mol. The van der Waals surface area contributed by atoms with Gasteiger partial charge in [-0.1, -0.05) is 18.2 Å². The molecule has 21 heavy (non-hydrogen) atoms. The Morgan fingerprint density at radius 1 is 1.05 bits per heavy atom. The van der Waals surface area contributed by atoms with E-state index >= 15 is 0 Å². The van der Waals surface area contributed by atoms with Crippen LogP contribution in [0.4, 0.5) is 0 Å². The van der Waals surface area contributed by atoms with Gasteiger partial charge in [0, 0.05) is 35.7 Å². The van der Waals surface area contributed by atoms with Crippen molar-refractivity contribution < 1.29 is 0 Å². The van der Waals surface area contributed by atoms with Crippen LogP contribution in [0.15, 0.2) is 29.2 Å². The minimum atomic E-state index is 0.758. The van der Waals surface area contributed by atoms with E-state index in [1.54, 1.807) is 5.56 Å². The van der Waals surface area contributed by atoms with Crippen molar-refractivity contribution in [2.24, 2.45) is 5.92 Å². The molecule has 4 rings (SSSR count). The summed E-state index contributed by atoms with van der Waals surface area (Å²) in [5, 5.41) is 3.50. The molecule has 1 saturated carbocycles. The van der Waals surface area contributed by atoms with E-state index in [9.17, 15) is 0 Å². The lowest BCUT2D eigenvalue weighted by Crippen LogP contribution is -2.39. The highest BCUT2D eigenvalue weighted by atomic mass is 32.2. The monoisotopic (exact) mass is 302 g/mol. The van der Waals surface area contributed by atoms with Crippen LogP contribution in [0, 0.1) is 5.92 Å². The fourth-order valence-corrected chi connectivity index (χ4v) is 5.11. The zero-order valence-corrected chi connectivity index (χ0v) is 13.6. The van der Waals surface area contributed by atoms with Crippen LogP contribution in [0.2, 0.25) is 0 Å². The number of nitrogens with zero attached hydrogens (tertiary/aromatic N) is 1. The molecule has 1 unspecified atom stereocenters. The fraction of sp³-hybridized carbons (Fsp3) is 0.667. The first-order valence-corrected chi connectivity index (χ1v) is 9.55. The predicted molar refractivity (Wildman–Crippen MR) is 90.1 cm³/mol. The minimum Gasteiger partial charge on any atom is -0.317 e. The molecule has 0 spiro atoms. The van der Waals surface area contributed by atoms with Crippen molar-refractivity contribution in [2.75, 3.05) is 31.9 Å². The summed E-state index contributed by atoms with van der Waals surface area (Å²) in [6, 6.07) is 9.95. The number of nitrogens with one attached hydrogen (secondary N) is 1. The number of fused-ring (bicyclic) bond motifs is 1. The summed E-state index contributed by atoms with van der Waals surface area (Å²) < 4.78 is 0. The molecule has 1 aliphatic carbocycles. The van der Waals surface area contributed by atoms with Crippen molar-refractivity contribution in [2.45, 2.75) is 42.5 Å². The van der Waals surface area contributed by atoms with Gasteiger partial charge >= 0.3 is 0 Å². The van der Waals surface area contributed by atoms with E-state index in [-0.39, 0.29) is 0 Å². The van der Waals surface area contributed by atoms with Crippen molar-refractivity contribution in [1.82, 2.24) is 10.2 Å². The Labute approximate surface area is 132 Å². The molecule has 0 amide bonds. The Balaban J connectivity index is 1.41. The van der Waals surface area contributed by atoms with Gasteiger partial charge in [-0.05, 0) is 56.3 Å². The fourth-order valence-electron chi connectivity index (χ4n) is 3.87. The lowest BCUT2D eigenvalue weighted by molar-refractivity contribution is 0.190. The van der Waals surface area contributed by atoms with Crippen molar-refractivity contribution >= 4 is 11.8 Å². The minimum absolute atomic E-state index is 0.758. The van der Waals surface area contributed by atoms with E-state index in [0.717, 1.165) is 17.9 Å². The first kappa shape index (κ1) is 14.1. The maximum Gasteiger partial charge on any atom is 0.0108 e. The van der Waals surface area contributed by atoms with Gasteiger partial charge in [0.05, 0.1) is 0 Å². The first-order valence-electron chi connectivity index (χ1n) is 8.56. The standard InChI is InChI=1S/C18H26N2S/c1-2-4-18-17(3-1)15(13-21-18)12-20(16-5-6-16)11-14-7-9-19-10-8-14/h1-4,14-16,19H,5-13H2. The lowest BCUT2D eigenvalue weighted by atomic mass is 9.95. The zero-order chi connectivity index (χ0) is 14.1. The van der Waals surface area contributed by atoms with Gasteiger partial charge in [-0.15, -0.1) is 11.8 Å². The second-order valence-electron chi connectivity index (χ2n) is 6.92. The van der Waals surface area contributed by atoms with Gasteiger partial charge in [-0.25, -0.2) is 0 Å². The van der Waals surface area contributed by atoms with Crippen LogP contribution in [0.1, 0.15) is 37.2 Å². The van der Waals surface area contributed by atoms with Crippen molar-refractivity contribution in [3.8, 4) is 0 Å². The molecule has 2 nitrogen and oxygen atoms in total. The molecule has 0 radical (unpaired) electrons. The van der Waals surface area contributed by atoms with Crippen LogP contribution in [-0.2, 0) is 0 Å². The normalized spacial score (nSPS) is 26.2. The van der Waals surface area contributed by atoms with Crippen LogP contribution < -0.4 is 5.32 Å².